The largest absolute Gasteiger partial charge is 0.309 e. The molecule has 65 heavy (non-hydrogen) atoms. The summed E-state index contributed by atoms with van der Waals surface area (Å²) in [6.45, 7) is 0. The van der Waals surface area contributed by atoms with Gasteiger partial charge in [-0.2, -0.15) is 0 Å². The second-order valence-electron chi connectivity index (χ2n) is 16.9. The molecule has 0 aliphatic rings. The molecule has 302 valence electrons. The molecule has 0 radical (unpaired) electrons. The summed E-state index contributed by atoms with van der Waals surface area (Å²) in [5, 5.41) is 12.1. The van der Waals surface area contributed by atoms with Crippen LogP contribution in [0.15, 0.2) is 237 Å². The first kappa shape index (κ1) is 36.9. The molecule has 13 rings (SSSR count). The van der Waals surface area contributed by atoms with E-state index in [2.05, 4.69) is 235 Å². The number of aromatic nitrogens is 3. The van der Waals surface area contributed by atoms with E-state index < -0.39 is 0 Å². The van der Waals surface area contributed by atoms with Gasteiger partial charge in [0.15, 0.2) is 5.82 Å². The van der Waals surface area contributed by atoms with E-state index in [1.54, 1.807) is 0 Å². The SMILES string of the molecule is c1ccc(-c2ccc3c4ccccc4n(-c4cc(-c5cc(-c6cc7ccccc7c7ccccc67)nc(-c6ccccc6)n5)cc(-c5cc6ccccc6c6ccccc56)c4)c3c2)cc1. The van der Waals surface area contributed by atoms with Gasteiger partial charge in [-0.3, -0.25) is 0 Å². The van der Waals surface area contributed by atoms with Crippen molar-refractivity contribution in [3.05, 3.63) is 237 Å². The van der Waals surface area contributed by atoms with Gasteiger partial charge in [0.05, 0.1) is 22.4 Å². The number of benzene rings is 11. The van der Waals surface area contributed by atoms with E-state index in [-0.39, 0.29) is 0 Å². The first-order valence-electron chi connectivity index (χ1n) is 22.2. The van der Waals surface area contributed by atoms with Crippen LogP contribution in [-0.2, 0) is 0 Å². The minimum atomic E-state index is 0.683. The predicted molar refractivity (Wildman–Crippen MR) is 274 cm³/mol. The van der Waals surface area contributed by atoms with Gasteiger partial charge in [0.2, 0.25) is 0 Å². The first-order valence-corrected chi connectivity index (χ1v) is 22.2. The van der Waals surface area contributed by atoms with E-state index in [1.807, 2.05) is 6.07 Å². The van der Waals surface area contributed by atoms with Crippen molar-refractivity contribution in [1.29, 1.82) is 0 Å². The van der Waals surface area contributed by atoms with Gasteiger partial charge in [0, 0.05) is 33.2 Å². The maximum atomic E-state index is 5.47. The van der Waals surface area contributed by atoms with Gasteiger partial charge in [-0.05, 0) is 114 Å². The van der Waals surface area contributed by atoms with Crippen LogP contribution in [0.3, 0.4) is 0 Å². The summed E-state index contributed by atoms with van der Waals surface area (Å²) in [5.74, 6) is 0.683. The van der Waals surface area contributed by atoms with Gasteiger partial charge in [-0.15, -0.1) is 0 Å². The fraction of sp³-hybridized carbons (Fsp3) is 0. The lowest BCUT2D eigenvalue weighted by atomic mass is 9.91. The molecule has 11 aromatic carbocycles. The minimum absolute atomic E-state index is 0.683. The Kier molecular flexibility index (Phi) is 8.53. The Bertz CT molecular complexity index is 4000. The van der Waals surface area contributed by atoms with Gasteiger partial charge in [0.25, 0.3) is 0 Å². The normalized spacial score (nSPS) is 11.7. The third-order valence-corrected chi connectivity index (χ3v) is 13.1. The summed E-state index contributed by atoms with van der Waals surface area (Å²) in [4.78, 5) is 10.9. The van der Waals surface area contributed by atoms with Gasteiger partial charge in [-0.1, -0.05) is 188 Å². The van der Waals surface area contributed by atoms with Crippen molar-refractivity contribution < 1.29 is 0 Å². The van der Waals surface area contributed by atoms with E-state index in [0.717, 1.165) is 55.7 Å². The molecule has 0 aliphatic heterocycles. The quantitative estimate of drug-likeness (QED) is 0.156. The molecule has 0 saturated heterocycles. The Morgan fingerprint density at radius 2 is 0.769 bits per heavy atom. The fourth-order valence-corrected chi connectivity index (χ4v) is 10.1. The lowest BCUT2D eigenvalue weighted by molar-refractivity contribution is 1.17. The van der Waals surface area contributed by atoms with Gasteiger partial charge < -0.3 is 4.57 Å². The van der Waals surface area contributed by atoms with Gasteiger partial charge >= 0.3 is 0 Å². The van der Waals surface area contributed by atoms with Crippen molar-refractivity contribution >= 4 is 64.9 Å². The summed E-state index contributed by atoms with van der Waals surface area (Å²) < 4.78 is 2.45. The molecule has 0 unspecified atom stereocenters. The van der Waals surface area contributed by atoms with Crippen LogP contribution in [0.4, 0.5) is 0 Å². The zero-order chi connectivity index (χ0) is 42.8. The Balaban J connectivity index is 1.13. The number of rotatable bonds is 6. The zero-order valence-electron chi connectivity index (χ0n) is 35.4. The lowest BCUT2D eigenvalue weighted by Crippen LogP contribution is -1.99. The highest BCUT2D eigenvalue weighted by Crippen LogP contribution is 2.42. The molecule has 0 bridgehead atoms. The molecule has 0 fully saturated rings. The van der Waals surface area contributed by atoms with Crippen LogP contribution in [0, 0.1) is 0 Å². The highest BCUT2D eigenvalue weighted by atomic mass is 15.0. The van der Waals surface area contributed by atoms with E-state index in [9.17, 15) is 0 Å². The molecule has 0 atom stereocenters. The average Bonchev–Trinajstić information content (AvgIpc) is 3.72. The Morgan fingerprint density at radius 3 is 1.46 bits per heavy atom. The molecule has 13 aromatic rings. The fourth-order valence-electron chi connectivity index (χ4n) is 10.1. The second kappa shape index (κ2) is 15.0. The summed E-state index contributed by atoms with van der Waals surface area (Å²) in [7, 11) is 0. The molecule has 0 saturated carbocycles. The molecule has 0 aliphatic carbocycles. The number of nitrogens with zero attached hydrogens (tertiary/aromatic N) is 3. The molecular formula is C62H39N3. The molecule has 3 heteroatoms. The van der Waals surface area contributed by atoms with E-state index in [4.69, 9.17) is 9.97 Å². The first-order chi connectivity index (χ1) is 32.2. The van der Waals surface area contributed by atoms with Crippen LogP contribution >= 0.6 is 0 Å². The smallest absolute Gasteiger partial charge is 0.160 e. The summed E-state index contributed by atoms with van der Waals surface area (Å²) in [6, 6.07) is 85.5. The monoisotopic (exact) mass is 825 g/mol. The van der Waals surface area contributed by atoms with Crippen molar-refractivity contribution in [2.75, 3.05) is 0 Å². The molecule has 3 nitrogen and oxygen atoms in total. The Labute approximate surface area is 376 Å². The van der Waals surface area contributed by atoms with Crippen LogP contribution in [0.25, 0.3) is 127 Å². The van der Waals surface area contributed by atoms with Crippen LogP contribution < -0.4 is 0 Å². The van der Waals surface area contributed by atoms with Crippen LogP contribution in [0.5, 0.6) is 0 Å². The van der Waals surface area contributed by atoms with Crippen molar-refractivity contribution in [2.45, 2.75) is 0 Å². The van der Waals surface area contributed by atoms with Crippen molar-refractivity contribution in [1.82, 2.24) is 14.5 Å². The summed E-state index contributed by atoms with van der Waals surface area (Å²) in [5.41, 5.74) is 12.8. The highest BCUT2D eigenvalue weighted by Gasteiger charge is 2.20. The zero-order valence-corrected chi connectivity index (χ0v) is 35.4. The lowest BCUT2D eigenvalue weighted by Gasteiger charge is -2.17. The minimum Gasteiger partial charge on any atom is -0.309 e. The average molecular weight is 826 g/mol. The van der Waals surface area contributed by atoms with Gasteiger partial charge in [-0.25, -0.2) is 9.97 Å². The van der Waals surface area contributed by atoms with Crippen molar-refractivity contribution in [2.24, 2.45) is 0 Å². The Hall–Kier alpha value is -8.66. The summed E-state index contributed by atoms with van der Waals surface area (Å²) in [6.07, 6.45) is 0. The van der Waals surface area contributed by atoms with Crippen molar-refractivity contribution in [3.8, 4) is 61.8 Å². The molecule has 2 aromatic heterocycles. The number of hydrogen-bond acceptors (Lipinski definition) is 2. The predicted octanol–water partition coefficient (Wildman–Crippen LogP) is 16.5. The second-order valence-corrected chi connectivity index (χ2v) is 16.9. The van der Waals surface area contributed by atoms with Gasteiger partial charge in [0.1, 0.15) is 0 Å². The molecular weight excluding hydrogens is 787 g/mol. The number of para-hydroxylation sites is 1. The van der Waals surface area contributed by atoms with Crippen molar-refractivity contribution in [3.63, 3.8) is 0 Å². The van der Waals surface area contributed by atoms with Crippen LogP contribution in [0.2, 0.25) is 0 Å². The Morgan fingerprint density at radius 1 is 0.262 bits per heavy atom. The molecule has 0 spiro atoms. The molecule has 0 N–H and O–H groups in total. The maximum absolute atomic E-state index is 5.47. The maximum Gasteiger partial charge on any atom is 0.160 e. The highest BCUT2D eigenvalue weighted by molar-refractivity contribution is 6.16. The summed E-state index contributed by atoms with van der Waals surface area (Å²) >= 11 is 0. The standard InChI is InChI=1S/C62H39N3/c1-3-17-40(18-4-1)42-31-32-55-54-29-15-16-30-60(54)65(61(55)38-42)47-34-45(56-36-43-21-7-9-23-48(43)50-25-11-13-27-52(50)56)33-46(35-47)58-39-59(64-62(63-58)41-19-5-2-6-20-41)57-37-44-22-8-10-24-49(44)51-26-12-14-28-53(51)57/h1-39H. The number of fused-ring (bicyclic) bond motifs is 9. The topological polar surface area (TPSA) is 30.7 Å². The van der Waals surface area contributed by atoms with Crippen LogP contribution in [-0.4, -0.2) is 14.5 Å². The molecule has 2 heterocycles. The van der Waals surface area contributed by atoms with Crippen LogP contribution in [0.1, 0.15) is 0 Å². The van der Waals surface area contributed by atoms with E-state index in [1.165, 1.54) is 65.2 Å². The third kappa shape index (κ3) is 6.20. The third-order valence-electron chi connectivity index (χ3n) is 13.1. The van der Waals surface area contributed by atoms with E-state index in [0.29, 0.717) is 5.82 Å². The number of hydrogen-bond donors (Lipinski definition) is 0. The van der Waals surface area contributed by atoms with E-state index >= 15 is 0 Å². The molecule has 0 amide bonds.